The molecule has 0 fully saturated rings. The summed E-state index contributed by atoms with van der Waals surface area (Å²) in [5.41, 5.74) is 3.97. The van der Waals surface area contributed by atoms with Crippen molar-refractivity contribution in [2.24, 2.45) is 0 Å². The highest BCUT2D eigenvalue weighted by Gasteiger charge is 2.15. The molecule has 0 radical (unpaired) electrons. The molecule has 0 aliphatic carbocycles. The molecule has 0 amide bonds. The van der Waals surface area contributed by atoms with E-state index in [2.05, 4.69) is 40.3 Å². The lowest BCUT2D eigenvalue weighted by Gasteiger charge is -2.10. The SMILES string of the molecule is CC(C)Oc1cc(-n2nc(-c3ccccc3)cc2-c2ccccc2)ncn1. The third kappa shape index (κ3) is 3.72. The topological polar surface area (TPSA) is 52.8 Å². The first kappa shape index (κ1) is 17.0. The van der Waals surface area contributed by atoms with Gasteiger partial charge in [-0.05, 0) is 19.9 Å². The van der Waals surface area contributed by atoms with Crippen LogP contribution in [-0.2, 0) is 0 Å². The fourth-order valence-electron chi connectivity index (χ4n) is 2.87. The molecular formula is C22H20N4O. The molecule has 2 heterocycles. The van der Waals surface area contributed by atoms with Gasteiger partial charge in [0, 0.05) is 17.2 Å². The molecule has 2 aromatic heterocycles. The molecule has 5 nitrogen and oxygen atoms in total. The van der Waals surface area contributed by atoms with Crippen LogP contribution < -0.4 is 4.74 Å². The zero-order valence-corrected chi connectivity index (χ0v) is 15.3. The van der Waals surface area contributed by atoms with Crippen LogP contribution in [0.3, 0.4) is 0 Å². The van der Waals surface area contributed by atoms with Crippen LogP contribution >= 0.6 is 0 Å². The van der Waals surface area contributed by atoms with Gasteiger partial charge in [0.25, 0.3) is 0 Å². The Balaban J connectivity index is 1.85. The molecule has 134 valence electrons. The monoisotopic (exact) mass is 356 g/mol. The number of benzene rings is 2. The summed E-state index contributed by atoms with van der Waals surface area (Å²) in [5, 5.41) is 4.82. The van der Waals surface area contributed by atoms with E-state index in [1.54, 1.807) is 0 Å². The maximum atomic E-state index is 5.72. The Morgan fingerprint density at radius 3 is 2.15 bits per heavy atom. The number of rotatable bonds is 5. The van der Waals surface area contributed by atoms with E-state index in [4.69, 9.17) is 9.84 Å². The van der Waals surface area contributed by atoms with Crippen LogP contribution in [0, 0.1) is 0 Å². The van der Waals surface area contributed by atoms with E-state index in [0.29, 0.717) is 11.7 Å². The first-order valence-corrected chi connectivity index (χ1v) is 8.91. The molecule has 0 spiro atoms. The Morgan fingerprint density at radius 1 is 0.815 bits per heavy atom. The van der Waals surface area contributed by atoms with Crippen molar-refractivity contribution in [1.29, 1.82) is 0 Å². The van der Waals surface area contributed by atoms with Gasteiger partial charge < -0.3 is 4.74 Å². The molecule has 2 aromatic carbocycles. The molecule has 0 unspecified atom stereocenters. The highest BCUT2D eigenvalue weighted by Crippen LogP contribution is 2.28. The second-order valence-corrected chi connectivity index (χ2v) is 6.44. The van der Waals surface area contributed by atoms with Gasteiger partial charge in [-0.1, -0.05) is 60.7 Å². The number of ether oxygens (including phenoxy) is 1. The molecule has 0 N–H and O–H groups in total. The van der Waals surface area contributed by atoms with Crippen molar-refractivity contribution in [2.45, 2.75) is 20.0 Å². The summed E-state index contributed by atoms with van der Waals surface area (Å²) in [6.45, 7) is 3.94. The van der Waals surface area contributed by atoms with E-state index in [1.165, 1.54) is 6.33 Å². The summed E-state index contributed by atoms with van der Waals surface area (Å²) in [4.78, 5) is 8.62. The standard InChI is InChI=1S/C22H20N4O/c1-16(2)27-22-14-21(23-15-24-22)26-20(18-11-7-4-8-12-18)13-19(25-26)17-9-5-3-6-10-17/h3-16H,1-2H3. The molecule has 0 aliphatic rings. The minimum absolute atomic E-state index is 0.0406. The Kier molecular flexibility index (Phi) is 4.66. The zero-order valence-electron chi connectivity index (χ0n) is 15.3. The van der Waals surface area contributed by atoms with Gasteiger partial charge in [-0.3, -0.25) is 0 Å². The third-order valence-corrected chi connectivity index (χ3v) is 4.05. The lowest BCUT2D eigenvalue weighted by Crippen LogP contribution is -2.09. The highest BCUT2D eigenvalue weighted by molar-refractivity contribution is 5.70. The Hall–Kier alpha value is -3.47. The van der Waals surface area contributed by atoms with Crippen LogP contribution in [0.25, 0.3) is 28.3 Å². The van der Waals surface area contributed by atoms with Crippen LogP contribution in [0.4, 0.5) is 0 Å². The second kappa shape index (κ2) is 7.41. The van der Waals surface area contributed by atoms with Gasteiger partial charge in [-0.15, -0.1) is 0 Å². The van der Waals surface area contributed by atoms with Gasteiger partial charge in [-0.2, -0.15) is 5.10 Å². The predicted molar refractivity (Wildman–Crippen MR) is 106 cm³/mol. The van der Waals surface area contributed by atoms with Gasteiger partial charge in [0.05, 0.1) is 17.5 Å². The average molecular weight is 356 g/mol. The van der Waals surface area contributed by atoms with Crippen LogP contribution in [0.2, 0.25) is 0 Å². The van der Waals surface area contributed by atoms with Crippen molar-refractivity contribution in [1.82, 2.24) is 19.7 Å². The smallest absolute Gasteiger partial charge is 0.218 e. The molecule has 0 saturated carbocycles. The quantitative estimate of drug-likeness (QED) is 0.516. The van der Waals surface area contributed by atoms with E-state index in [-0.39, 0.29) is 6.10 Å². The minimum atomic E-state index is 0.0406. The molecule has 0 atom stereocenters. The Labute approximate surface area is 158 Å². The van der Waals surface area contributed by atoms with E-state index in [1.807, 2.05) is 61.0 Å². The molecule has 0 aliphatic heterocycles. The fourth-order valence-corrected chi connectivity index (χ4v) is 2.87. The summed E-state index contributed by atoms with van der Waals surface area (Å²) in [6, 6.07) is 24.2. The van der Waals surface area contributed by atoms with Gasteiger partial charge in [0.15, 0.2) is 5.82 Å². The zero-order chi connectivity index (χ0) is 18.6. The first-order chi connectivity index (χ1) is 13.2. The number of nitrogens with zero attached hydrogens (tertiary/aromatic N) is 4. The maximum absolute atomic E-state index is 5.72. The van der Waals surface area contributed by atoms with Crippen molar-refractivity contribution in [3.8, 4) is 34.2 Å². The molecule has 4 aromatic rings. The minimum Gasteiger partial charge on any atom is -0.475 e. The van der Waals surface area contributed by atoms with Gasteiger partial charge in [-0.25, -0.2) is 14.6 Å². The third-order valence-electron chi connectivity index (χ3n) is 4.05. The van der Waals surface area contributed by atoms with Crippen molar-refractivity contribution < 1.29 is 4.74 Å². The maximum Gasteiger partial charge on any atom is 0.218 e. The summed E-state index contributed by atoms with van der Waals surface area (Å²) in [7, 11) is 0. The van der Waals surface area contributed by atoms with E-state index in [0.717, 1.165) is 22.5 Å². The van der Waals surface area contributed by atoms with Crippen LogP contribution in [0.1, 0.15) is 13.8 Å². The van der Waals surface area contributed by atoms with E-state index in [9.17, 15) is 0 Å². The van der Waals surface area contributed by atoms with E-state index >= 15 is 0 Å². The van der Waals surface area contributed by atoms with Crippen LogP contribution in [0.5, 0.6) is 5.88 Å². The summed E-state index contributed by atoms with van der Waals surface area (Å²) in [6.07, 6.45) is 1.55. The Bertz CT molecular complexity index is 1030. The van der Waals surface area contributed by atoms with Crippen molar-refractivity contribution in [3.63, 3.8) is 0 Å². The molecule has 0 saturated heterocycles. The molecular weight excluding hydrogens is 336 g/mol. The lowest BCUT2D eigenvalue weighted by molar-refractivity contribution is 0.232. The molecule has 27 heavy (non-hydrogen) atoms. The van der Waals surface area contributed by atoms with Crippen LogP contribution in [-0.4, -0.2) is 25.9 Å². The van der Waals surface area contributed by atoms with Gasteiger partial charge in [0.1, 0.15) is 6.33 Å². The summed E-state index contributed by atoms with van der Waals surface area (Å²) < 4.78 is 7.56. The fraction of sp³-hybridized carbons (Fsp3) is 0.136. The van der Waals surface area contributed by atoms with Crippen LogP contribution in [0.15, 0.2) is 79.1 Å². The van der Waals surface area contributed by atoms with Crippen molar-refractivity contribution in [2.75, 3.05) is 0 Å². The number of hydrogen-bond acceptors (Lipinski definition) is 4. The van der Waals surface area contributed by atoms with Crippen molar-refractivity contribution in [3.05, 3.63) is 79.1 Å². The average Bonchev–Trinajstić information content (AvgIpc) is 3.15. The number of aromatic nitrogens is 4. The van der Waals surface area contributed by atoms with Gasteiger partial charge >= 0.3 is 0 Å². The molecule has 0 bridgehead atoms. The molecule has 4 rings (SSSR count). The lowest BCUT2D eigenvalue weighted by atomic mass is 10.1. The van der Waals surface area contributed by atoms with Gasteiger partial charge in [0.2, 0.25) is 5.88 Å². The first-order valence-electron chi connectivity index (χ1n) is 8.91. The number of hydrogen-bond donors (Lipinski definition) is 0. The Morgan fingerprint density at radius 2 is 1.48 bits per heavy atom. The summed E-state index contributed by atoms with van der Waals surface area (Å²) in [5.74, 6) is 1.20. The molecule has 5 heteroatoms. The predicted octanol–water partition coefficient (Wildman–Crippen LogP) is 4.78. The summed E-state index contributed by atoms with van der Waals surface area (Å²) >= 11 is 0. The van der Waals surface area contributed by atoms with E-state index < -0.39 is 0 Å². The normalized spacial score (nSPS) is 10.9. The second-order valence-electron chi connectivity index (χ2n) is 6.44. The highest BCUT2D eigenvalue weighted by atomic mass is 16.5. The van der Waals surface area contributed by atoms with Crippen molar-refractivity contribution >= 4 is 0 Å². The largest absolute Gasteiger partial charge is 0.475 e.